The maximum Gasteiger partial charge on any atom is 0.307 e. The summed E-state index contributed by atoms with van der Waals surface area (Å²) >= 11 is 0. The lowest BCUT2D eigenvalue weighted by Crippen LogP contribution is -2.06. The van der Waals surface area contributed by atoms with Crippen molar-refractivity contribution >= 4 is 22.9 Å². The molecule has 8 heteroatoms. The van der Waals surface area contributed by atoms with Crippen LogP contribution in [0.25, 0.3) is 22.1 Å². The molecule has 1 aromatic heterocycles. The summed E-state index contributed by atoms with van der Waals surface area (Å²) in [4.78, 5) is 22.5. The molecule has 5 rings (SSSR count). The molecule has 5 aromatic rings. The Morgan fingerprint density at radius 2 is 1.40 bits per heavy atom. The van der Waals surface area contributed by atoms with Gasteiger partial charge in [-0.2, -0.15) is 0 Å². The van der Waals surface area contributed by atoms with Crippen LogP contribution < -0.4 is 15.2 Å². The molecular formula is C34H31NO7. The molecule has 42 heavy (non-hydrogen) atoms. The zero-order valence-corrected chi connectivity index (χ0v) is 22.9. The summed E-state index contributed by atoms with van der Waals surface area (Å²) in [5.41, 5.74) is 11.6. The summed E-state index contributed by atoms with van der Waals surface area (Å²) in [6, 6.07) is 28.2. The van der Waals surface area contributed by atoms with Gasteiger partial charge in [-0.3, -0.25) is 9.59 Å². The van der Waals surface area contributed by atoms with E-state index in [0.29, 0.717) is 42.2 Å². The van der Waals surface area contributed by atoms with Gasteiger partial charge in [0.2, 0.25) is 0 Å². The number of ether oxygens (including phenoxy) is 2. The summed E-state index contributed by atoms with van der Waals surface area (Å²) in [7, 11) is 0. The van der Waals surface area contributed by atoms with Crippen LogP contribution in [-0.4, -0.2) is 28.8 Å². The highest BCUT2D eigenvalue weighted by Crippen LogP contribution is 2.34. The molecule has 4 N–H and O–H groups in total. The molecule has 0 fully saturated rings. The van der Waals surface area contributed by atoms with Crippen LogP contribution in [0.5, 0.6) is 11.5 Å². The number of carbonyl (C=O) groups is 2. The quantitative estimate of drug-likeness (QED) is 0.158. The van der Waals surface area contributed by atoms with Crippen molar-refractivity contribution in [3.05, 3.63) is 119 Å². The molecule has 0 amide bonds. The molecule has 214 valence electrons. The number of hydrogen-bond acceptors (Lipinski definition) is 6. The van der Waals surface area contributed by atoms with Crippen LogP contribution in [0.2, 0.25) is 0 Å². The number of carboxylic acids is 2. The van der Waals surface area contributed by atoms with Crippen LogP contribution in [0.4, 0.5) is 0 Å². The Balaban J connectivity index is 1.42. The topological polar surface area (TPSA) is 132 Å². The molecule has 0 aliphatic rings. The zero-order chi connectivity index (χ0) is 29.5. The summed E-state index contributed by atoms with van der Waals surface area (Å²) in [6.45, 7) is 0.954. The normalized spacial score (nSPS) is 11.0. The van der Waals surface area contributed by atoms with Crippen molar-refractivity contribution in [1.82, 2.24) is 0 Å². The van der Waals surface area contributed by atoms with Gasteiger partial charge in [0.15, 0.2) is 0 Å². The number of rotatable bonds is 13. The average molecular weight is 566 g/mol. The highest BCUT2D eigenvalue weighted by Gasteiger charge is 2.15. The van der Waals surface area contributed by atoms with Crippen molar-refractivity contribution in [2.75, 3.05) is 6.61 Å². The Morgan fingerprint density at radius 1 is 0.738 bits per heavy atom. The van der Waals surface area contributed by atoms with Crippen molar-refractivity contribution in [2.24, 2.45) is 5.73 Å². The average Bonchev–Trinajstić information content (AvgIpc) is 3.39. The van der Waals surface area contributed by atoms with Crippen molar-refractivity contribution in [2.45, 2.75) is 32.4 Å². The van der Waals surface area contributed by atoms with E-state index in [4.69, 9.17) is 19.6 Å². The minimum Gasteiger partial charge on any atom is -0.493 e. The maximum absolute atomic E-state index is 11.3. The SMILES string of the molecule is NCc1cccc(-c2cc(COc3ccccc3CC(=O)O)cc3cc(CCOc4ccccc4CC(=O)O)oc23)c1. The fourth-order valence-electron chi connectivity index (χ4n) is 4.89. The molecular weight excluding hydrogens is 534 g/mol. The van der Waals surface area contributed by atoms with E-state index in [1.165, 1.54) is 0 Å². The van der Waals surface area contributed by atoms with Crippen LogP contribution in [0.3, 0.4) is 0 Å². The van der Waals surface area contributed by atoms with Crippen LogP contribution >= 0.6 is 0 Å². The monoisotopic (exact) mass is 565 g/mol. The molecule has 0 unspecified atom stereocenters. The third kappa shape index (κ3) is 6.97. The van der Waals surface area contributed by atoms with E-state index >= 15 is 0 Å². The number of fused-ring (bicyclic) bond motifs is 1. The lowest BCUT2D eigenvalue weighted by Gasteiger charge is -2.12. The Labute approximate surface area is 242 Å². The summed E-state index contributed by atoms with van der Waals surface area (Å²) < 4.78 is 18.4. The first kappa shape index (κ1) is 28.4. The molecule has 0 atom stereocenters. The van der Waals surface area contributed by atoms with Gasteiger partial charge in [-0.05, 0) is 53.1 Å². The van der Waals surface area contributed by atoms with Crippen LogP contribution in [-0.2, 0) is 42.0 Å². The van der Waals surface area contributed by atoms with Crippen molar-refractivity contribution < 1.29 is 33.7 Å². The molecule has 0 spiro atoms. The van der Waals surface area contributed by atoms with Crippen molar-refractivity contribution in [3.8, 4) is 22.6 Å². The fourth-order valence-corrected chi connectivity index (χ4v) is 4.89. The highest BCUT2D eigenvalue weighted by atomic mass is 16.5. The molecule has 4 aromatic carbocycles. The van der Waals surface area contributed by atoms with E-state index in [0.717, 1.165) is 39.0 Å². The number of hydrogen-bond donors (Lipinski definition) is 3. The van der Waals surface area contributed by atoms with Gasteiger partial charge in [-0.15, -0.1) is 0 Å². The lowest BCUT2D eigenvalue weighted by molar-refractivity contribution is -0.137. The Hall–Kier alpha value is -5.08. The molecule has 0 aliphatic carbocycles. The zero-order valence-electron chi connectivity index (χ0n) is 22.9. The Bertz CT molecular complexity index is 1720. The van der Waals surface area contributed by atoms with Gasteiger partial charge in [0.1, 0.15) is 29.4 Å². The summed E-state index contributed by atoms with van der Waals surface area (Å²) in [5, 5.41) is 19.4. The number of para-hydroxylation sites is 2. The van der Waals surface area contributed by atoms with Gasteiger partial charge in [-0.1, -0.05) is 54.6 Å². The second-order valence-corrected chi connectivity index (χ2v) is 9.92. The lowest BCUT2D eigenvalue weighted by atomic mass is 9.99. The van der Waals surface area contributed by atoms with Crippen molar-refractivity contribution in [1.29, 1.82) is 0 Å². The van der Waals surface area contributed by atoms with E-state index in [1.54, 1.807) is 36.4 Å². The first-order valence-electron chi connectivity index (χ1n) is 13.6. The number of carboxylic acid groups (broad SMARTS) is 2. The summed E-state index contributed by atoms with van der Waals surface area (Å²) in [5.74, 6) is -0.0471. The van der Waals surface area contributed by atoms with Gasteiger partial charge in [0.05, 0.1) is 19.4 Å². The Morgan fingerprint density at radius 3 is 2.07 bits per heavy atom. The van der Waals surface area contributed by atoms with Crippen LogP contribution in [0.1, 0.15) is 28.0 Å². The molecule has 0 saturated carbocycles. The molecule has 8 nitrogen and oxygen atoms in total. The molecule has 0 radical (unpaired) electrons. The number of nitrogens with two attached hydrogens (primary N) is 1. The first-order chi connectivity index (χ1) is 20.4. The van der Waals surface area contributed by atoms with Crippen LogP contribution in [0, 0.1) is 0 Å². The predicted molar refractivity (Wildman–Crippen MR) is 159 cm³/mol. The van der Waals surface area contributed by atoms with Gasteiger partial charge in [0, 0.05) is 35.0 Å². The third-order valence-corrected chi connectivity index (χ3v) is 6.83. The van der Waals surface area contributed by atoms with Gasteiger partial charge < -0.3 is 29.8 Å². The van der Waals surface area contributed by atoms with E-state index < -0.39 is 11.9 Å². The number of benzene rings is 4. The second-order valence-electron chi connectivity index (χ2n) is 9.92. The highest BCUT2D eigenvalue weighted by molar-refractivity contribution is 5.93. The van der Waals surface area contributed by atoms with E-state index in [2.05, 4.69) is 0 Å². The maximum atomic E-state index is 11.3. The van der Waals surface area contributed by atoms with E-state index in [1.807, 2.05) is 54.6 Å². The Kier molecular flexibility index (Phi) is 8.84. The molecule has 1 heterocycles. The first-order valence-corrected chi connectivity index (χ1v) is 13.6. The van der Waals surface area contributed by atoms with Crippen molar-refractivity contribution in [3.63, 3.8) is 0 Å². The predicted octanol–water partition coefficient (Wildman–Crippen LogP) is 6.01. The summed E-state index contributed by atoms with van der Waals surface area (Å²) in [6.07, 6.45) is 0.241. The minimum absolute atomic E-state index is 0.113. The molecule has 0 aliphatic heterocycles. The molecule has 0 saturated heterocycles. The van der Waals surface area contributed by atoms with Crippen LogP contribution in [0.15, 0.2) is 95.4 Å². The largest absolute Gasteiger partial charge is 0.493 e. The second kappa shape index (κ2) is 13.1. The molecule has 0 bridgehead atoms. The van der Waals surface area contributed by atoms with Gasteiger partial charge in [-0.25, -0.2) is 0 Å². The van der Waals surface area contributed by atoms with E-state index in [-0.39, 0.29) is 19.4 Å². The van der Waals surface area contributed by atoms with E-state index in [9.17, 15) is 19.8 Å². The minimum atomic E-state index is -0.921. The number of furan rings is 1. The third-order valence-electron chi connectivity index (χ3n) is 6.83. The smallest absolute Gasteiger partial charge is 0.307 e. The van der Waals surface area contributed by atoms with Gasteiger partial charge in [0.25, 0.3) is 0 Å². The van der Waals surface area contributed by atoms with Gasteiger partial charge >= 0.3 is 11.9 Å². The standard InChI is InChI=1S/C34H31NO7/c35-20-22-6-5-9-24(14-22)29-16-23(21-41-31-11-4-2-8-26(31)19-33(38)39)15-27-17-28(42-34(27)29)12-13-40-30-10-3-1-7-25(30)18-32(36)37/h1-11,14-17H,12-13,18-21,35H2,(H,36,37)(H,38,39). The number of aliphatic carboxylic acids is 2. The fraction of sp³-hybridized carbons (Fsp3) is 0.176.